The van der Waals surface area contributed by atoms with E-state index in [-0.39, 0.29) is 36.7 Å². The molecule has 1 aromatic rings. The first-order valence-corrected chi connectivity index (χ1v) is 8.58. The molecule has 1 rings (SSSR count). The predicted molar refractivity (Wildman–Crippen MR) is 104 cm³/mol. The lowest BCUT2D eigenvalue weighted by Gasteiger charge is -2.19. The number of carboxylic acids is 1. The number of amides is 1. The fraction of sp³-hybridized carbons (Fsp3) is 0.562. The molecule has 0 aliphatic rings. The van der Waals surface area contributed by atoms with E-state index in [0.717, 1.165) is 0 Å². The molecule has 0 aliphatic carbocycles. The van der Waals surface area contributed by atoms with Crippen LogP contribution in [0.1, 0.15) is 27.2 Å². The largest absolute Gasteiger partial charge is 0.511 e. The molecule has 1 aromatic heterocycles. The van der Waals surface area contributed by atoms with Gasteiger partial charge in [0.05, 0.1) is 6.54 Å². The Hall–Kier alpha value is -3.31. The zero-order chi connectivity index (χ0) is 21.2. The standard InChI is InChI=1S/C16H27N7O5/c1-10(24)8-19-13-21-12(22-14(23-13)20-9-11(25)26)17-6-5-7-18-15(27)28-16(2,3)4/h24H,1,5-9H2,2-4H3,(H,18,27)(H,25,26)(H3,17,19,20,21,22,23). The molecule has 0 fully saturated rings. The van der Waals surface area contributed by atoms with Gasteiger partial charge in [-0.25, -0.2) is 4.79 Å². The highest BCUT2D eigenvalue weighted by Crippen LogP contribution is 2.10. The number of aliphatic hydroxyl groups excluding tert-OH is 1. The molecule has 6 N–H and O–H groups in total. The summed E-state index contributed by atoms with van der Waals surface area (Å²) in [5, 5.41) is 28.8. The zero-order valence-electron chi connectivity index (χ0n) is 16.2. The lowest BCUT2D eigenvalue weighted by atomic mass is 10.2. The number of aliphatic carboxylic acids is 1. The minimum atomic E-state index is -1.07. The predicted octanol–water partition coefficient (Wildman–Crippen LogP) is 1.18. The van der Waals surface area contributed by atoms with Crippen molar-refractivity contribution < 1.29 is 24.5 Å². The highest BCUT2D eigenvalue weighted by atomic mass is 16.6. The average molecular weight is 397 g/mol. The van der Waals surface area contributed by atoms with Crippen molar-refractivity contribution in [1.29, 1.82) is 0 Å². The molecule has 12 nitrogen and oxygen atoms in total. The van der Waals surface area contributed by atoms with Gasteiger partial charge in [-0.2, -0.15) is 15.0 Å². The van der Waals surface area contributed by atoms with Gasteiger partial charge in [-0.1, -0.05) is 6.58 Å². The Morgan fingerprint density at radius 2 is 1.50 bits per heavy atom. The normalized spacial score (nSPS) is 10.7. The van der Waals surface area contributed by atoms with Crippen LogP contribution in [0.5, 0.6) is 0 Å². The van der Waals surface area contributed by atoms with Crippen LogP contribution in [-0.2, 0) is 9.53 Å². The van der Waals surface area contributed by atoms with Crippen LogP contribution in [0.2, 0.25) is 0 Å². The van der Waals surface area contributed by atoms with Crippen molar-refractivity contribution in [1.82, 2.24) is 20.3 Å². The number of hydrogen-bond donors (Lipinski definition) is 6. The van der Waals surface area contributed by atoms with Crippen LogP contribution in [-0.4, -0.2) is 69.0 Å². The van der Waals surface area contributed by atoms with Crippen molar-refractivity contribution in [2.24, 2.45) is 0 Å². The molecule has 0 unspecified atom stereocenters. The third-order valence-corrected chi connectivity index (χ3v) is 2.79. The van der Waals surface area contributed by atoms with E-state index < -0.39 is 17.7 Å². The van der Waals surface area contributed by atoms with Gasteiger partial charge < -0.3 is 36.2 Å². The van der Waals surface area contributed by atoms with Crippen LogP contribution < -0.4 is 21.3 Å². The van der Waals surface area contributed by atoms with Gasteiger partial charge in [0, 0.05) is 13.1 Å². The Morgan fingerprint density at radius 3 is 2.00 bits per heavy atom. The summed E-state index contributed by atoms with van der Waals surface area (Å²) in [5.41, 5.74) is -0.560. The summed E-state index contributed by atoms with van der Waals surface area (Å²) in [7, 11) is 0. The lowest BCUT2D eigenvalue weighted by molar-refractivity contribution is -0.134. The molecule has 0 radical (unpaired) electrons. The zero-order valence-corrected chi connectivity index (χ0v) is 16.2. The number of carboxylic acid groups (broad SMARTS) is 1. The number of nitrogens with one attached hydrogen (secondary N) is 4. The third kappa shape index (κ3) is 10.6. The topological polar surface area (TPSA) is 171 Å². The maximum absolute atomic E-state index is 11.6. The van der Waals surface area contributed by atoms with Crippen LogP contribution in [0.4, 0.5) is 22.6 Å². The summed E-state index contributed by atoms with van der Waals surface area (Å²) >= 11 is 0. The summed E-state index contributed by atoms with van der Waals surface area (Å²) < 4.78 is 5.13. The number of carbonyl (C=O) groups excluding carboxylic acids is 1. The van der Waals surface area contributed by atoms with Crippen LogP contribution >= 0.6 is 0 Å². The van der Waals surface area contributed by atoms with Gasteiger partial charge >= 0.3 is 12.1 Å². The number of alkyl carbamates (subject to hydrolysis) is 1. The monoisotopic (exact) mass is 397 g/mol. The van der Waals surface area contributed by atoms with Gasteiger partial charge in [0.2, 0.25) is 17.8 Å². The van der Waals surface area contributed by atoms with E-state index in [2.05, 4.69) is 42.8 Å². The molecule has 0 atom stereocenters. The fourth-order valence-electron chi connectivity index (χ4n) is 1.74. The molecule has 0 aromatic carbocycles. The number of ether oxygens (including phenoxy) is 1. The minimum absolute atomic E-state index is 0.0294. The minimum Gasteiger partial charge on any atom is -0.511 e. The lowest BCUT2D eigenvalue weighted by Crippen LogP contribution is -2.33. The highest BCUT2D eigenvalue weighted by molar-refractivity contribution is 5.72. The molecule has 0 saturated carbocycles. The number of aromatic nitrogens is 3. The van der Waals surface area contributed by atoms with E-state index >= 15 is 0 Å². The third-order valence-electron chi connectivity index (χ3n) is 2.79. The summed E-state index contributed by atoms with van der Waals surface area (Å²) in [6.45, 7) is 9.17. The van der Waals surface area contributed by atoms with Crippen molar-refractivity contribution >= 4 is 29.9 Å². The van der Waals surface area contributed by atoms with Crippen molar-refractivity contribution in [3.05, 3.63) is 12.3 Å². The highest BCUT2D eigenvalue weighted by Gasteiger charge is 2.15. The summed E-state index contributed by atoms with van der Waals surface area (Å²) in [6.07, 6.45) is 0.0717. The number of carbonyl (C=O) groups is 2. The average Bonchev–Trinajstić information content (AvgIpc) is 2.56. The second-order valence-electron chi connectivity index (χ2n) is 6.68. The quantitative estimate of drug-likeness (QED) is 0.234. The Bertz CT molecular complexity index is 654. The van der Waals surface area contributed by atoms with E-state index in [1.807, 2.05) is 0 Å². The van der Waals surface area contributed by atoms with Gasteiger partial charge in [-0.15, -0.1) is 0 Å². The molecule has 1 amide bonds. The summed E-state index contributed by atoms with van der Waals surface area (Å²) in [5.74, 6) is -0.791. The van der Waals surface area contributed by atoms with E-state index in [1.165, 1.54) is 0 Å². The number of rotatable bonds is 11. The van der Waals surface area contributed by atoms with E-state index in [4.69, 9.17) is 14.9 Å². The first kappa shape index (κ1) is 22.7. The van der Waals surface area contributed by atoms with E-state index in [0.29, 0.717) is 19.5 Å². The van der Waals surface area contributed by atoms with Gasteiger partial charge in [-0.3, -0.25) is 4.79 Å². The smallest absolute Gasteiger partial charge is 0.407 e. The number of hydrogen-bond acceptors (Lipinski definition) is 10. The molecule has 0 aliphatic heterocycles. The van der Waals surface area contributed by atoms with E-state index in [1.54, 1.807) is 20.8 Å². The Kier molecular flexibility index (Phi) is 8.72. The number of anilines is 3. The second kappa shape index (κ2) is 10.7. The Labute approximate surface area is 162 Å². The SMILES string of the molecule is C=C(O)CNc1nc(NCCCNC(=O)OC(C)(C)C)nc(NCC(=O)O)n1. The molecule has 156 valence electrons. The maximum atomic E-state index is 11.6. The summed E-state index contributed by atoms with van der Waals surface area (Å²) in [6, 6.07) is 0. The first-order valence-electron chi connectivity index (χ1n) is 8.58. The molecule has 1 heterocycles. The molecule has 28 heavy (non-hydrogen) atoms. The molecule has 0 bridgehead atoms. The van der Waals surface area contributed by atoms with Gasteiger partial charge in [0.25, 0.3) is 0 Å². The number of aliphatic hydroxyl groups is 1. The Morgan fingerprint density at radius 1 is 0.964 bits per heavy atom. The van der Waals surface area contributed by atoms with Crippen molar-refractivity contribution in [3.63, 3.8) is 0 Å². The van der Waals surface area contributed by atoms with Crippen molar-refractivity contribution in [3.8, 4) is 0 Å². The number of nitrogens with zero attached hydrogens (tertiary/aromatic N) is 3. The molecule has 0 saturated heterocycles. The molecule has 0 spiro atoms. The van der Waals surface area contributed by atoms with Crippen LogP contribution in [0.3, 0.4) is 0 Å². The van der Waals surface area contributed by atoms with Crippen LogP contribution in [0.25, 0.3) is 0 Å². The first-order chi connectivity index (χ1) is 13.0. The second-order valence-corrected chi connectivity index (χ2v) is 6.68. The van der Waals surface area contributed by atoms with E-state index in [9.17, 15) is 9.59 Å². The maximum Gasteiger partial charge on any atom is 0.407 e. The Balaban J connectivity index is 2.56. The van der Waals surface area contributed by atoms with Crippen molar-refractivity contribution in [2.45, 2.75) is 32.8 Å². The fourth-order valence-corrected chi connectivity index (χ4v) is 1.74. The molecular formula is C16H27N7O5. The van der Waals surface area contributed by atoms with Crippen LogP contribution in [0.15, 0.2) is 12.3 Å². The van der Waals surface area contributed by atoms with Gasteiger partial charge in [0.15, 0.2) is 0 Å². The van der Waals surface area contributed by atoms with Gasteiger partial charge in [-0.05, 0) is 27.2 Å². The van der Waals surface area contributed by atoms with Crippen molar-refractivity contribution in [2.75, 3.05) is 42.1 Å². The summed E-state index contributed by atoms with van der Waals surface area (Å²) in [4.78, 5) is 34.4. The molecular weight excluding hydrogens is 370 g/mol. The van der Waals surface area contributed by atoms with Gasteiger partial charge in [0.1, 0.15) is 17.9 Å². The van der Waals surface area contributed by atoms with Crippen LogP contribution in [0, 0.1) is 0 Å². The molecule has 12 heteroatoms.